The lowest BCUT2D eigenvalue weighted by Gasteiger charge is -2.06. The van der Waals surface area contributed by atoms with Gasteiger partial charge in [-0.1, -0.05) is 6.07 Å². The van der Waals surface area contributed by atoms with Crippen LogP contribution >= 0.6 is 0 Å². The first kappa shape index (κ1) is 10.4. The standard InChI is InChI=1S/C12H11FN2O/c1-8-2-4-10(13)11(6-8)16-12-5-3-9(14)7-15-12/h2-7H,14H2,1H3. The van der Waals surface area contributed by atoms with Crippen molar-refractivity contribution in [2.45, 2.75) is 6.92 Å². The lowest BCUT2D eigenvalue weighted by Crippen LogP contribution is -1.92. The summed E-state index contributed by atoms with van der Waals surface area (Å²) in [7, 11) is 0. The predicted octanol–water partition coefficient (Wildman–Crippen LogP) is 2.90. The van der Waals surface area contributed by atoms with Crippen molar-refractivity contribution < 1.29 is 9.13 Å². The van der Waals surface area contributed by atoms with Gasteiger partial charge < -0.3 is 10.5 Å². The van der Waals surface area contributed by atoms with Gasteiger partial charge in [0, 0.05) is 6.07 Å². The number of nitrogens with two attached hydrogens (primary N) is 1. The molecule has 1 heterocycles. The number of benzene rings is 1. The van der Waals surface area contributed by atoms with E-state index in [9.17, 15) is 4.39 Å². The number of aromatic nitrogens is 1. The molecule has 0 bridgehead atoms. The minimum atomic E-state index is -0.413. The van der Waals surface area contributed by atoms with Crippen molar-refractivity contribution >= 4 is 5.69 Å². The summed E-state index contributed by atoms with van der Waals surface area (Å²) in [5, 5.41) is 0. The van der Waals surface area contributed by atoms with Crippen LogP contribution < -0.4 is 10.5 Å². The number of aryl methyl sites for hydroxylation is 1. The van der Waals surface area contributed by atoms with Crippen molar-refractivity contribution in [1.82, 2.24) is 4.98 Å². The number of anilines is 1. The van der Waals surface area contributed by atoms with Gasteiger partial charge in [0.15, 0.2) is 11.6 Å². The summed E-state index contributed by atoms with van der Waals surface area (Å²) in [6.45, 7) is 1.86. The first-order valence-corrected chi connectivity index (χ1v) is 4.81. The Hall–Kier alpha value is -2.10. The van der Waals surface area contributed by atoms with Gasteiger partial charge in [0.25, 0.3) is 0 Å². The van der Waals surface area contributed by atoms with E-state index in [1.807, 2.05) is 6.92 Å². The topological polar surface area (TPSA) is 48.1 Å². The molecule has 0 fully saturated rings. The summed E-state index contributed by atoms with van der Waals surface area (Å²) in [5.41, 5.74) is 6.94. The maximum absolute atomic E-state index is 13.4. The van der Waals surface area contributed by atoms with Gasteiger partial charge in [-0.05, 0) is 30.7 Å². The second kappa shape index (κ2) is 4.18. The smallest absolute Gasteiger partial charge is 0.219 e. The van der Waals surface area contributed by atoms with E-state index in [1.54, 1.807) is 24.3 Å². The van der Waals surface area contributed by atoms with E-state index >= 15 is 0 Å². The molecule has 3 nitrogen and oxygen atoms in total. The second-order valence-electron chi connectivity index (χ2n) is 3.47. The second-order valence-corrected chi connectivity index (χ2v) is 3.47. The Bertz CT molecular complexity index is 497. The Kier molecular flexibility index (Phi) is 2.72. The molecular formula is C12H11FN2O. The lowest BCUT2D eigenvalue weighted by atomic mass is 10.2. The van der Waals surface area contributed by atoms with Crippen LogP contribution in [-0.4, -0.2) is 4.98 Å². The summed E-state index contributed by atoms with van der Waals surface area (Å²) in [6.07, 6.45) is 1.46. The van der Waals surface area contributed by atoms with Crippen molar-refractivity contribution in [2.24, 2.45) is 0 Å². The van der Waals surface area contributed by atoms with Gasteiger partial charge in [-0.2, -0.15) is 0 Å². The highest BCUT2D eigenvalue weighted by molar-refractivity contribution is 5.38. The number of hydrogen-bond donors (Lipinski definition) is 1. The quantitative estimate of drug-likeness (QED) is 0.843. The molecule has 0 spiro atoms. The van der Waals surface area contributed by atoms with Gasteiger partial charge in [-0.25, -0.2) is 9.37 Å². The molecule has 2 aromatic rings. The molecular weight excluding hydrogens is 207 g/mol. The predicted molar refractivity (Wildman–Crippen MR) is 59.9 cm³/mol. The average Bonchev–Trinajstić information content (AvgIpc) is 2.27. The third-order valence-electron chi connectivity index (χ3n) is 2.06. The molecule has 1 aromatic carbocycles. The highest BCUT2D eigenvalue weighted by atomic mass is 19.1. The summed E-state index contributed by atoms with van der Waals surface area (Å²) >= 11 is 0. The third kappa shape index (κ3) is 2.28. The largest absolute Gasteiger partial charge is 0.436 e. The number of nitrogen functional groups attached to an aromatic ring is 1. The Morgan fingerprint density at radius 2 is 2.06 bits per heavy atom. The average molecular weight is 218 g/mol. The highest BCUT2D eigenvalue weighted by Crippen LogP contribution is 2.24. The Morgan fingerprint density at radius 1 is 1.25 bits per heavy atom. The molecule has 0 saturated carbocycles. The molecule has 82 valence electrons. The first-order valence-electron chi connectivity index (χ1n) is 4.81. The molecule has 0 aliphatic heterocycles. The number of pyridine rings is 1. The summed E-state index contributed by atoms with van der Waals surface area (Å²) in [6, 6.07) is 7.90. The fourth-order valence-corrected chi connectivity index (χ4v) is 1.25. The van der Waals surface area contributed by atoms with Crippen molar-refractivity contribution in [3.63, 3.8) is 0 Å². The fraction of sp³-hybridized carbons (Fsp3) is 0.0833. The number of ether oxygens (including phenoxy) is 1. The van der Waals surface area contributed by atoms with E-state index in [2.05, 4.69) is 4.98 Å². The highest BCUT2D eigenvalue weighted by Gasteiger charge is 2.05. The first-order chi connectivity index (χ1) is 7.65. The maximum atomic E-state index is 13.4. The molecule has 0 aliphatic carbocycles. The van der Waals surface area contributed by atoms with Crippen molar-refractivity contribution in [1.29, 1.82) is 0 Å². The molecule has 0 radical (unpaired) electrons. The van der Waals surface area contributed by atoms with E-state index in [-0.39, 0.29) is 5.75 Å². The summed E-state index contributed by atoms with van der Waals surface area (Å²) < 4.78 is 18.7. The number of rotatable bonds is 2. The van der Waals surface area contributed by atoms with Gasteiger partial charge in [0.05, 0.1) is 11.9 Å². The maximum Gasteiger partial charge on any atom is 0.219 e. The van der Waals surface area contributed by atoms with Gasteiger partial charge in [0.2, 0.25) is 5.88 Å². The van der Waals surface area contributed by atoms with Crippen LogP contribution in [0.25, 0.3) is 0 Å². The SMILES string of the molecule is Cc1ccc(F)c(Oc2ccc(N)cn2)c1. The summed E-state index contributed by atoms with van der Waals surface area (Å²) in [5.74, 6) is 0.0696. The van der Waals surface area contributed by atoms with E-state index in [1.165, 1.54) is 12.3 Å². The number of nitrogens with zero attached hydrogens (tertiary/aromatic N) is 1. The Labute approximate surface area is 92.7 Å². The lowest BCUT2D eigenvalue weighted by molar-refractivity contribution is 0.427. The Balaban J connectivity index is 2.26. The minimum Gasteiger partial charge on any atom is -0.436 e. The number of halogens is 1. The molecule has 0 amide bonds. The Morgan fingerprint density at radius 3 is 2.75 bits per heavy atom. The van der Waals surface area contributed by atoms with Crippen molar-refractivity contribution in [3.8, 4) is 11.6 Å². The van der Waals surface area contributed by atoms with Crippen LogP contribution in [0.5, 0.6) is 11.6 Å². The molecule has 0 saturated heterocycles. The van der Waals surface area contributed by atoms with Crippen molar-refractivity contribution in [2.75, 3.05) is 5.73 Å². The van der Waals surface area contributed by atoms with Crippen LogP contribution in [0, 0.1) is 12.7 Å². The molecule has 2 N–H and O–H groups in total. The fourth-order valence-electron chi connectivity index (χ4n) is 1.25. The zero-order valence-electron chi connectivity index (χ0n) is 8.77. The van der Waals surface area contributed by atoms with E-state index < -0.39 is 5.82 Å². The van der Waals surface area contributed by atoms with Crippen LogP contribution in [0.15, 0.2) is 36.5 Å². The van der Waals surface area contributed by atoms with Crippen LogP contribution in [0.2, 0.25) is 0 Å². The third-order valence-corrected chi connectivity index (χ3v) is 2.06. The molecule has 0 atom stereocenters. The van der Waals surface area contributed by atoms with Gasteiger partial charge in [0.1, 0.15) is 0 Å². The van der Waals surface area contributed by atoms with Gasteiger partial charge in [-0.3, -0.25) is 0 Å². The van der Waals surface area contributed by atoms with Crippen LogP contribution in [0.3, 0.4) is 0 Å². The molecule has 0 unspecified atom stereocenters. The molecule has 16 heavy (non-hydrogen) atoms. The zero-order chi connectivity index (χ0) is 11.5. The van der Waals surface area contributed by atoms with Crippen LogP contribution in [0.4, 0.5) is 10.1 Å². The molecule has 2 rings (SSSR count). The van der Waals surface area contributed by atoms with E-state index in [0.29, 0.717) is 11.6 Å². The monoisotopic (exact) mass is 218 g/mol. The zero-order valence-corrected chi connectivity index (χ0v) is 8.77. The molecule has 1 aromatic heterocycles. The van der Waals surface area contributed by atoms with Crippen LogP contribution in [-0.2, 0) is 0 Å². The molecule has 4 heteroatoms. The van der Waals surface area contributed by atoms with E-state index in [0.717, 1.165) is 5.56 Å². The summed E-state index contributed by atoms with van der Waals surface area (Å²) in [4.78, 5) is 3.93. The van der Waals surface area contributed by atoms with Gasteiger partial charge >= 0.3 is 0 Å². The van der Waals surface area contributed by atoms with E-state index in [4.69, 9.17) is 10.5 Å². The van der Waals surface area contributed by atoms with Crippen LogP contribution in [0.1, 0.15) is 5.56 Å². The number of hydrogen-bond acceptors (Lipinski definition) is 3. The van der Waals surface area contributed by atoms with Gasteiger partial charge in [-0.15, -0.1) is 0 Å². The minimum absolute atomic E-state index is 0.164. The molecule has 0 aliphatic rings. The van der Waals surface area contributed by atoms with Crippen molar-refractivity contribution in [3.05, 3.63) is 47.9 Å². The normalized spacial score (nSPS) is 10.1.